The van der Waals surface area contributed by atoms with E-state index in [1.165, 1.54) is 6.07 Å². The third kappa shape index (κ3) is 3.88. The molecule has 0 spiro atoms. The van der Waals surface area contributed by atoms with Gasteiger partial charge in [0.2, 0.25) is 0 Å². The number of pyridine rings is 1. The van der Waals surface area contributed by atoms with Gasteiger partial charge in [-0.25, -0.2) is 13.8 Å². The van der Waals surface area contributed by atoms with Gasteiger partial charge in [0.15, 0.2) is 0 Å². The van der Waals surface area contributed by atoms with Gasteiger partial charge in [0.1, 0.15) is 5.69 Å². The van der Waals surface area contributed by atoms with Gasteiger partial charge in [-0.15, -0.1) is 0 Å². The van der Waals surface area contributed by atoms with Crippen LogP contribution in [0.1, 0.15) is 30.3 Å². The van der Waals surface area contributed by atoms with Crippen molar-refractivity contribution in [2.24, 2.45) is 0 Å². The summed E-state index contributed by atoms with van der Waals surface area (Å²) in [7, 11) is 0. The molecule has 0 saturated heterocycles. The molecule has 0 saturated carbocycles. The van der Waals surface area contributed by atoms with Gasteiger partial charge in [0, 0.05) is 5.33 Å². The second-order valence-electron chi connectivity index (χ2n) is 3.38. The average Bonchev–Trinajstić information content (AvgIpc) is 2.31. The summed E-state index contributed by atoms with van der Waals surface area (Å²) in [5.74, 6) is -0.543. The Morgan fingerprint density at radius 1 is 1.61 bits per heavy atom. The maximum atomic E-state index is 12.6. The van der Waals surface area contributed by atoms with Crippen LogP contribution in [-0.2, 0) is 21.3 Å². The summed E-state index contributed by atoms with van der Waals surface area (Å²) in [5.41, 5.74) is 0.191. The number of ether oxygens (including phenoxy) is 1. The molecule has 100 valence electrons. The molecule has 1 aromatic heterocycles. The highest BCUT2D eigenvalue weighted by Gasteiger charge is 2.18. The van der Waals surface area contributed by atoms with Crippen molar-refractivity contribution < 1.29 is 18.3 Å². The summed E-state index contributed by atoms with van der Waals surface area (Å²) in [4.78, 5) is 15.0. The number of alkyl halides is 3. The minimum absolute atomic E-state index is 0.113. The summed E-state index contributed by atoms with van der Waals surface area (Å²) < 4.78 is 30.0. The molecule has 0 radical (unpaired) electrons. The second kappa shape index (κ2) is 6.99. The third-order valence-corrected chi connectivity index (χ3v) is 3.17. The zero-order valence-corrected chi connectivity index (χ0v) is 11.9. The molecule has 1 heterocycles. The number of hydrogen-bond donors (Lipinski definition) is 0. The summed E-state index contributed by atoms with van der Waals surface area (Å²) >= 11 is 9.13. The van der Waals surface area contributed by atoms with Crippen molar-refractivity contribution in [1.29, 1.82) is 0 Å². The highest BCUT2D eigenvalue weighted by Crippen LogP contribution is 2.27. The normalized spacial score (nSPS) is 10.8. The van der Waals surface area contributed by atoms with E-state index in [9.17, 15) is 13.6 Å². The Balaban J connectivity index is 3.08. The van der Waals surface area contributed by atoms with E-state index in [0.717, 1.165) is 0 Å². The maximum absolute atomic E-state index is 12.6. The van der Waals surface area contributed by atoms with E-state index in [0.29, 0.717) is 10.9 Å². The first-order valence-corrected chi connectivity index (χ1v) is 6.67. The van der Waals surface area contributed by atoms with E-state index in [-0.39, 0.29) is 23.7 Å². The standard InChI is InChI=1S/C11H11BrClF2NO2/c1-2-18-9(17)4-7-10(13)6(5-12)3-8(16-7)11(14)15/h3,11H,2,4-5H2,1H3. The van der Waals surface area contributed by atoms with Crippen molar-refractivity contribution >= 4 is 33.5 Å². The first-order valence-electron chi connectivity index (χ1n) is 5.17. The molecule has 1 aromatic rings. The van der Waals surface area contributed by atoms with Gasteiger partial charge in [-0.2, -0.15) is 0 Å². The summed E-state index contributed by atoms with van der Waals surface area (Å²) in [6, 6.07) is 1.22. The Morgan fingerprint density at radius 2 is 2.28 bits per heavy atom. The molecule has 1 rings (SSSR count). The minimum Gasteiger partial charge on any atom is -0.466 e. The number of carbonyl (C=O) groups is 1. The van der Waals surface area contributed by atoms with Gasteiger partial charge in [-0.3, -0.25) is 4.79 Å². The Bertz CT molecular complexity index is 443. The van der Waals surface area contributed by atoms with Crippen molar-refractivity contribution in [2.45, 2.75) is 25.1 Å². The molecule has 0 aliphatic heterocycles. The van der Waals surface area contributed by atoms with Crippen molar-refractivity contribution in [3.8, 4) is 0 Å². The smallest absolute Gasteiger partial charge is 0.311 e. The van der Waals surface area contributed by atoms with E-state index in [2.05, 4.69) is 20.9 Å². The molecule has 7 heteroatoms. The van der Waals surface area contributed by atoms with Crippen molar-refractivity contribution in [2.75, 3.05) is 6.61 Å². The fourth-order valence-electron chi connectivity index (χ4n) is 1.34. The number of hydrogen-bond acceptors (Lipinski definition) is 3. The van der Waals surface area contributed by atoms with E-state index in [4.69, 9.17) is 16.3 Å². The first-order chi connectivity index (χ1) is 8.49. The third-order valence-electron chi connectivity index (χ3n) is 2.11. The molecular weight excluding hydrogens is 331 g/mol. The van der Waals surface area contributed by atoms with Gasteiger partial charge in [0.05, 0.1) is 23.7 Å². The van der Waals surface area contributed by atoms with Crippen molar-refractivity contribution in [3.63, 3.8) is 0 Å². The van der Waals surface area contributed by atoms with Crippen molar-refractivity contribution in [3.05, 3.63) is 28.0 Å². The highest BCUT2D eigenvalue weighted by molar-refractivity contribution is 9.08. The molecular formula is C11H11BrClF2NO2. The monoisotopic (exact) mass is 341 g/mol. The van der Waals surface area contributed by atoms with Gasteiger partial charge in [0.25, 0.3) is 6.43 Å². The SMILES string of the molecule is CCOC(=O)Cc1nc(C(F)F)cc(CBr)c1Cl. The molecule has 0 N–H and O–H groups in total. The van der Waals surface area contributed by atoms with Gasteiger partial charge in [-0.1, -0.05) is 27.5 Å². The van der Waals surface area contributed by atoms with E-state index >= 15 is 0 Å². The minimum atomic E-state index is -2.71. The van der Waals surface area contributed by atoms with Crippen LogP contribution in [0.2, 0.25) is 5.02 Å². The van der Waals surface area contributed by atoms with E-state index in [1.807, 2.05) is 0 Å². The van der Waals surface area contributed by atoms with Gasteiger partial charge < -0.3 is 4.74 Å². The van der Waals surface area contributed by atoms with Crippen LogP contribution < -0.4 is 0 Å². The van der Waals surface area contributed by atoms with Gasteiger partial charge >= 0.3 is 5.97 Å². The quantitative estimate of drug-likeness (QED) is 0.605. The zero-order valence-electron chi connectivity index (χ0n) is 9.55. The Hall–Kier alpha value is -0.750. The summed E-state index contributed by atoms with van der Waals surface area (Å²) in [6.45, 7) is 1.88. The molecule has 0 bridgehead atoms. The van der Waals surface area contributed by atoms with E-state index in [1.54, 1.807) is 6.92 Å². The largest absolute Gasteiger partial charge is 0.466 e. The van der Waals surface area contributed by atoms with Crippen LogP contribution in [0, 0.1) is 0 Å². The lowest BCUT2D eigenvalue weighted by Crippen LogP contribution is -2.11. The zero-order chi connectivity index (χ0) is 13.7. The summed E-state index contributed by atoms with van der Waals surface area (Å²) in [6.07, 6.45) is -2.92. The maximum Gasteiger partial charge on any atom is 0.311 e. The number of carbonyl (C=O) groups excluding carboxylic acids is 1. The topological polar surface area (TPSA) is 39.2 Å². The fourth-order valence-corrected chi connectivity index (χ4v) is 2.17. The lowest BCUT2D eigenvalue weighted by molar-refractivity contribution is -0.142. The van der Waals surface area contributed by atoms with Crippen LogP contribution in [0.3, 0.4) is 0 Å². The van der Waals surface area contributed by atoms with Crippen LogP contribution in [0.25, 0.3) is 0 Å². The van der Waals surface area contributed by atoms with Crippen LogP contribution in [0.4, 0.5) is 8.78 Å². The molecule has 0 aromatic carbocycles. The van der Waals surface area contributed by atoms with Crippen molar-refractivity contribution in [1.82, 2.24) is 4.98 Å². The van der Waals surface area contributed by atoms with Crippen LogP contribution >= 0.6 is 27.5 Å². The predicted octanol–water partition coefficient (Wildman–Crippen LogP) is 3.67. The van der Waals surface area contributed by atoms with E-state index < -0.39 is 18.1 Å². The Morgan fingerprint density at radius 3 is 2.78 bits per heavy atom. The lowest BCUT2D eigenvalue weighted by atomic mass is 10.1. The average molecular weight is 343 g/mol. The lowest BCUT2D eigenvalue weighted by Gasteiger charge is -2.10. The molecule has 0 fully saturated rings. The Labute approximate surface area is 117 Å². The molecule has 3 nitrogen and oxygen atoms in total. The molecule has 18 heavy (non-hydrogen) atoms. The number of nitrogens with zero attached hydrogens (tertiary/aromatic N) is 1. The van der Waals surface area contributed by atoms with Crippen LogP contribution in [-0.4, -0.2) is 17.6 Å². The predicted molar refractivity (Wildman–Crippen MR) is 67.2 cm³/mol. The number of rotatable bonds is 5. The first kappa shape index (κ1) is 15.3. The summed E-state index contributed by atoms with van der Waals surface area (Å²) in [5, 5.41) is 0.522. The molecule has 0 aliphatic rings. The molecule has 0 amide bonds. The fraction of sp³-hybridized carbons (Fsp3) is 0.455. The van der Waals surface area contributed by atoms with Gasteiger partial charge in [-0.05, 0) is 18.6 Å². The second-order valence-corrected chi connectivity index (χ2v) is 4.32. The molecule has 0 atom stereocenters. The number of halogens is 4. The number of esters is 1. The molecule has 0 aliphatic carbocycles. The Kier molecular flexibility index (Phi) is 5.95. The van der Waals surface area contributed by atoms with Crippen LogP contribution in [0.15, 0.2) is 6.07 Å². The highest BCUT2D eigenvalue weighted by atomic mass is 79.9. The van der Waals surface area contributed by atoms with Crippen LogP contribution in [0.5, 0.6) is 0 Å². The molecule has 0 unspecified atom stereocenters. The number of aromatic nitrogens is 1.